The molecule has 0 spiro atoms. The first-order chi connectivity index (χ1) is 10.3. The molecular formula is C15H10FN3OS. The summed E-state index contributed by atoms with van der Waals surface area (Å²) < 4.78 is 20.5. The number of furan rings is 1. The SMILES string of the molecule is Fc1cccc(CSc2nncn3c2cc2occc23)c1. The summed E-state index contributed by atoms with van der Waals surface area (Å²) in [6, 6.07) is 10.4. The number of fused-ring (bicyclic) bond motifs is 3. The molecule has 0 saturated carbocycles. The van der Waals surface area contributed by atoms with E-state index in [1.54, 1.807) is 18.7 Å². The highest BCUT2D eigenvalue weighted by Gasteiger charge is 2.11. The number of rotatable bonds is 3. The van der Waals surface area contributed by atoms with Crippen LogP contribution < -0.4 is 0 Å². The zero-order valence-corrected chi connectivity index (χ0v) is 11.7. The van der Waals surface area contributed by atoms with Crippen molar-refractivity contribution in [2.45, 2.75) is 10.8 Å². The minimum atomic E-state index is -0.224. The Labute approximate surface area is 123 Å². The van der Waals surface area contributed by atoms with Gasteiger partial charge in [0.2, 0.25) is 0 Å². The lowest BCUT2D eigenvalue weighted by molar-refractivity contribution is 0.616. The smallest absolute Gasteiger partial charge is 0.152 e. The summed E-state index contributed by atoms with van der Waals surface area (Å²) in [6.07, 6.45) is 3.32. The maximum Gasteiger partial charge on any atom is 0.152 e. The third-order valence-electron chi connectivity index (χ3n) is 3.26. The molecule has 104 valence electrons. The van der Waals surface area contributed by atoms with Gasteiger partial charge in [0.25, 0.3) is 0 Å². The molecule has 0 aliphatic rings. The highest BCUT2D eigenvalue weighted by Crippen LogP contribution is 2.29. The van der Waals surface area contributed by atoms with Gasteiger partial charge in [-0.2, -0.15) is 0 Å². The number of benzene rings is 1. The Morgan fingerprint density at radius 3 is 3.05 bits per heavy atom. The second kappa shape index (κ2) is 4.89. The Balaban J connectivity index is 1.70. The van der Waals surface area contributed by atoms with Crippen LogP contribution in [0.1, 0.15) is 5.56 Å². The van der Waals surface area contributed by atoms with Crippen LogP contribution in [0, 0.1) is 5.82 Å². The van der Waals surface area contributed by atoms with E-state index >= 15 is 0 Å². The summed E-state index contributed by atoms with van der Waals surface area (Å²) in [4.78, 5) is 0. The van der Waals surface area contributed by atoms with Gasteiger partial charge in [0, 0.05) is 17.9 Å². The Morgan fingerprint density at radius 1 is 1.19 bits per heavy atom. The molecule has 0 N–H and O–H groups in total. The summed E-state index contributed by atoms with van der Waals surface area (Å²) in [6.45, 7) is 0. The molecule has 21 heavy (non-hydrogen) atoms. The minimum Gasteiger partial charge on any atom is -0.463 e. The monoisotopic (exact) mass is 299 g/mol. The van der Waals surface area contributed by atoms with Gasteiger partial charge in [-0.3, -0.25) is 4.40 Å². The molecule has 0 atom stereocenters. The topological polar surface area (TPSA) is 43.3 Å². The lowest BCUT2D eigenvalue weighted by atomic mass is 10.2. The van der Waals surface area contributed by atoms with E-state index < -0.39 is 0 Å². The van der Waals surface area contributed by atoms with E-state index in [-0.39, 0.29) is 5.82 Å². The van der Waals surface area contributed by atoms with E-state index in [4.69, 9.17) is 4.42 Å². The average Bonchev–Trinajstić information content (AvgIpc) is 3.06. The zero-order valence-electron chi connectivity index (χ0n) is 10.9. The maximum absolute atomic E-state index is 13.2. The largest absolute Gasteiger partial charge is 0.463 e. The van der Waals surface area contributed by atoms with Crippen LogP contribution in [-0.4, -0.2) is 14.6 Å². The van der Waals surface area contributed by atoms with Crippen LogP contribution in [0.3, 0.4) is 0 Å². The highest BCUT2D eigenvalue weighted by molar-refractivity contribution is 7.98. The lowest BCUT2D eigenvalue weighted by Crippen LogP contribution is -1.93. The Hall–Kier alpha value is -2.34. The number of hydrogen-bond acceptors (Lipinski definition) is 4. The molecule has 0 saturated heterocycles. The van der Waals surface area contributed by atoms with Gasteiger partial charge in [0.1, 0.15) is 17.2 Å². The Bertz CT molecular complexity index is 931. The average molecular weight is 299 g/mol. The van der Waals surface area contributed by atoms with E-state index in [2.05, 4.69) is 10.2 Å². The van der Waals surface area contributed by atoms with Gasteiger partial charge in [0.15, 0.2) is 5.58 Å². The van der Waals surface area contributed by atoms with Crippen molar-refractivity contribution in [2.24, 2.45) is 0 Å². The minimum absolute atomic E-state index is 0.224. The summed E-state index contributed by atoms with van der Waals surface area (Å²) in [7, 11) is 0. The third kappa shape index (κ3) is 2.17. The molecular weight excluding hydrogens is 289 g/mol. The molecule has 4 aromatic rings. The standard InChI is InChI=1S/C15H10FN3OS/c16-11-3-1-2-10(6-11)8-21-15-13-7-14-12(4-5-20-14)19(13)9-17-18-15/h1-7,9H,8H2. The predicted molar refractivity (Wildman–Crippen MR) is 78.7 cm³/mol. The van der Waals surface area contributed by atoms with Crippen LogP contribution in [0.4, 0.5) is 4.39 Å². The number of nitrogens with zero attached hydrogens (tertiary/aromatic N) is 3. The van der Waals surface area contributed by atoms with E-state index in [1.807, 2.05) is 22.6 Å². The van der Waals surface area contributed by atoms with Crippen molar-refractivity contribution in [3.8, 4) is 0 Å². The molecule has 4 rings (SSSR count). The molecule has 4 nitrogen and oxygen atoms in total. The molecule has 0 aliphatic heterocycles. The molecule has 3 aromatic heterocycles. The molecule has 0 unspecified atom stereocenters. The highest BCUT2D eigenvalue weighted by atomic mass is 32.2. The van der Waals surface area contributed by atoms with Crippen molar-refractivity contribution in [2.75, 3.05) is 0 Å². The van der Waals surface area contributed by atoms with Crippen LogP contribution in [0.5, 0.6) is 0 Å². The fourth-order valence-electron chi connectivity index (χ4n) is 2.30. The molecule has 3 heterocycles. The van der Waals surface area contributed by atoms with Crippen molar-refractivity contribution in [3.05, 3.63) is 60.4 Å². The number of hydrogen-bond donors (Lipinski definition) is 0. The van der Waals surface area contributed by atoms with Gasteiger partial charge >= 0.3 is 0 Å². The molecule has 0 fully saturated rings. The Morgan fingerprint density at radius 2 is 2.14 bits per heavy atom. The molecule has 0 amide bonds. The van der Waals surface area contributed by atoms with Gasteiger partial charge in [-0.15, -0.1) is 10.2 Å². The molecule has 0 bridgehead atoms. The van der Waals surface area contributed by atoms with E-state index in [0.29, 0.717) is 5.75 Å². The van der Waals surface area contributed by atoms with Gasteiger partial charge < -0.3 is 4.42 Å². The first-order valence-electron chi connectivity index (χ1n) is 6.38. The van der Waals surface area contributed by atoms with Crippen molar-refractivity contribution in [1.29, 1.82) is 0 Å². The van der Waals surface area contributed by atoms with Crippen LogP contribution in [0.2, 0.25) is 0 Å². The predicted octanol–water partition coefficient (Wildman–Crippen LogP) is 3.91. The fraction of sp³-hybridized carbons (Fsp3) is 0.0667. The lowest BCUT2D eigenvalue weighted by Gasteiger charge is -2.03. The van der Waals surface area contributed by atoms with Crippen LogP contribution in [0.25, 0.3) is 16.6 Å². The summed E-state index contributed by atoms with van der Waals surface area (Å²) in [5.41, 5.74) is 3.63. The van der Waals surface area contributed by atoms with Crippen LogP contribution in [-0.2, 0) is 5.75 Å². The van der Waals surface area contributed by atoms with Crippen LogP contribution in [0.15, 0.2) is 58.4 Å². The second-order valence-electron chi connectivity index (χ2n) is 4.62. The van der Waals surface area contributed by atoms with E-state index in [1.165, 1.54) is 23.9 Å². The second-order valence-corrected chi connectivity index (χ2v) is 5.59. The molecule has 0 radical (unpaired) electrons. The third-order valence-corrected chi connectivity index (χ3v) is 4.30. The van der Waals surface area contributed by atoms with Gasteiger partial charge in [-0.25, -0.2) is 4.39 Å². The van der Waals surface area contributed by atoms with Gasteiger partial charge in [-0.05, 0) is 17.7 Å². The molecule has 6 heteroatoms. The van der Waals surface area contributed by atoms with Crippen molar-refractivity contribution >= 4 is 28.4 Å². The van der Waals surface area contributed by atoms with Gasteiger partial charge in [-0.1, -0.05) is 23.9 Å². The van der Waals surface area contributed by atoms with Crippen LogP contribution >= 0.6 is 11.8 Å². The van der Waals surface area contributed by atoms with Crippen molar-refractivity contribution in [1.82, 2.24) is 14.6 Å². The number of aromatic nitrogens is 3. The van der Waals surface area contributed by atoms with Gasteiger partial charge in [0.05, 0.1) is 17.3 Å². The first kappa shape index (κ1) is 12.4. The van der Waals surface area contributed by atoms with Crippen molar-refractivity contribution in [3.63, 3.8) is 0 Å². The quantitative estimate of drug-likeness (QED) is 0.538. The summed E-state index contributed by atoms with van der Waals surface area (Å²) >= 11 is 1.53. The Kier molecular flexibility index (Phi) is 2.89. The number of thioether (sulfide) groups is 1. The first-order valence-corrected chi connectivity index (χ1v) is 7.37. The van der Waals surface area contributed by atoms with Crippen molar-refractivity contribution < 1.29 is 8.81 Å². The molecule has 0 aliphatic carbocycles. The zero-order chi connectivity index (χ0) is 14.2. The normalized spacial score (nSPS) is 11.5. The molecule has 1 aromatic carbocycles. The summed E-state index contributed by atoms with van der Waals surface area (Å²) in [5, 5.41) is 9.00. The number of halogens is 1. The summed E-state index contributed by atoms with van der Waals surface area (Å²) in [5.74, 6) is 0.413. The van der Waals surface area contributed by atoms with E-state index in [0.717, 1.165) is 27.2 Å². The maximum atomic E-state index is 13.2. The fourth-order valence-corrected chi connectivity index (χ4v) is 3.19. The van der Waals surface area contributed by atoms with E-state index in [9.17, 15) is 4.39 Å².